The van der Waals surface area contributed by atoms with E-state index >= 15 is 0 Å². The Balaban J connectivity index is 1.80. The van der Waals surface area contributed by atoms with Crippen LogP contribution >= 0.6 is 11.3 Å². The molecule has 0 amide bonds. The number of methoxy groups -OCH3 is 1. The number of ether oxygens (including phenoxy) is 1. The van der Waals surface area contributed by atoms with Gasteiger partial charge in [-0.25, -0.2) is 0 Å². The number of hydrogen-bond acceptors (Lipinski definition) is 4. The Morgan fingerprint density at radius 1 is 1.19 bits per heavy atom. The third-order valence-electron chi connectivity index (χ3n) is 4.25. The zero-order chi connectivity index (χ0) is 14.7. The van der Waals surface area contributed by atoms with Gasteiger partial charge in [-0.3, -0.25) is 0 Å². The fourth-order valence-corrected chi connectivity index (χ4v) is 3.92. The molecular formula is C17H18N2OS. The van der Waals surface area contributed by atoms with Gasteiger partial charge in [0.1, 0.15) is 5.75 Å². The van der Waals surface area contributed by atoms with Crippen molar-refractivity contribution in [2.24, 2.45) is 0 Å². The molecule has 0 atom stereocenters. The van der Waals surface area contributed by atoms with Crippen LogP contribution in [0.25, 0.3) is 0 Å². The largest absolute Gasteiger partial charge is 0.495 e. The second kappa shape index (κ2) is 5.79. The van der Waals surface area contributed by atoms with Crippen LogP contribution in [0.1, 0.15) is 17.7 Å². The van der Waals surface area contributed by atoms with E-state index in [2.05, 4.69) is 28.5 Å². The molecular weight excluding hydrogens is 280 g/mol. The van der Waals surface area contributed by atoms with Crippen molar-refractivity contribution < 1.29 is 4.74 Å². The molecule has 21 heavy (non-hydrogen) atoms. The van der Waals surface area contributed by atoms with E-state index < -0.39 is 0 Å². The van der Waals surface area contributed by atoms with Gasteiger partial charge in [0.05, 0.1) is 24.3 Å². The molecule has 0 spiro atoms. The van der Waals surface area contributed by atoms with Crippen molar-refractivity contribution in [1.29, 1.82) is 5.26 Å². The van der Waals surface area contributed by atoms with Crippen LogP contribution in [-0.2, 0) is 5.41 Å². The molecule has 1 fully saturated rings. The highest BCUT2D eigenvalue weighted by molar-refractivity contribution is 7.10. The van der Waals surface area contributed by atoms with Crippen LogP contribution < -0.4 is 9.64 Å². The average molecular weight is 298 g/mol. The molecule has 3 nitrogen and oxygen atoms in total. The number of hydrogen-bond donors (Lipinski definition) is 0. The summed E-state index contributed by atoms with van der Waals surface area (Å²) < 4.78 is 5.44. The Hall–Kier alpha value is -1.99. The number of piperidine rings is 1. The van der Waals surface area contributed by atoms with E-state index in [4.69, 9.17) is 4.74 Å². The average Bonchev–Trinajstić information content (AvgIpc) is 3.10. The molecule has 2 aromatic rings. The molecule has 3 rings (SSSR count). The van der Waals surface area contributed by atoms with Crippen molar-refractivity contribution in [3.8, 4) is 11.8 Å². The molecule has 1 saturated heterocycles. The zero-order valence-corrected chi connectivity index (χ0v) is 12.9. The third kappa shape index (κ3) is 2.50. The van der Waals surface area contributed by atoms with E-state index in [-0.39, 0.29) is 5.41 Å². The van der Waals surface area contributed by atoms with Gasteiger partial charge in [-0.2, -0.15) is 5.26 Å². The van der Waals surface area contributed by atoms with Crippen LogP contribution in [0.15, 0.2) is 41.8 Å². The lowest BCUT2D eigenvalue weighted by atomic mass is 9.78. The number of para-hydroxylation sites is 2. The van der Waals surface area contributed by atoms with E-state index in [0.29, 0.717) is 0 Å². The molecule has 0 aliphatic carbocycles. The molecule has 1 aromatic carbocycles. The van der Waals surface area contributed by atoms with Crippen molar-refractivity contribution in [2.45, 2.75) is 18.3 Å². The van der Waals surface area contributed by atoms with E-state index in [1.165, 1.54) is 4.88 Å². The summed E-state index contributed by atoms with van der Waals surface area (Å²) in [6.45, 7) is 1.76. The summed E-state index contributed by atoms with van der Waals surface area (Å²) in [7, 11) is 1.70. The molecule has 1 aliphatic heterocycles. The summed E-state index contributed by atoms with van der Waals surface area (Å²) in [5, 5.41) is 11.7. The number of nitrogens with zero attached hydrogens (tertiary/aromatic N) is 2. The van der Waals surface area contributed by atoms with Crippen molar-refractivity contribution in [2.75, 3.05) is 25.1 Å². The van der Waals surface area contributed by atoms with Crippen LogP contribution in [0.3, 0.4) is 0 Å². The summed E-state index contributed by atoms with van der Waals surface area (Å²) in [4.78, 5) is 3.52. The fraction of sp³-hybridized carbons (Fsp3) is 0.353. The zero-order valence-electron chi connectivity index (χ0n) is 12.1. The smallest absolute Gasteiger partial charge is 0.142 e. The van der Waals surface area contributed by atoms with E-state index in [0.717, 1.165) is 37.4 Å². The minimum Gasteiger partial charge on any atom is -0.495 e. The van der Waals surface area contributed by atoms with Crippen LogP contribution in [-0.4, -0.2) is 20.2 Å². The molecule has 4 heteroatoms. The first-order valence-electron chi connectivity index (χ1n) is 7.12. The Bertz CT molecular complexity index is 637. The number of anilines is 1. The minimum absolute atomic E-state index is 0.313. The van der Waals surface area contributed by atoms with Crippen molar-refractivity contribution in [3.05, 3.63) is 46.7 Å². The molecule has 108 valence electrons. The number of thiophene rings is 1. The lowest BCUT2D eigenvalue weighted by Gasteiger charge is -2.38. The molecule has 0 saturated carbocycles. The predicted molar refractivity (Wildman–Crippen MR) is 86.1 cm³/mol. The third-order valence-corrected chi connectivity index (χ3v) is 5.32. The standard InChI is InChI=1S/C17H18N2OS/c1-20-15-6-3-2-5-14(15)19-10-8-17(13-18,9-11-19)16-7-4-12-21-16/h2-7,12H,8-11H2,1H3. The second-order valence-electron chi connectivity index (χ2n) is 5.33. The second-order valence-corrected chi connectivity index (χ2v) is 6.28. The molecule has 0 radical (unpaired) electrons. The van der Waals surface area contributed by atoms with Crippen LogP contribution in [0, 0.1) is 11.3 Å². The maximum atomic E-state index is 9.68. The Labute approximate surface area is 129 Å². The van der Waals surface area contributed by atoms with Gasteiger partial charge in [0.25, 0.3) is 0 Å². The highest BCUT2D eigenvalue weighted by Gasteiger charge is 2.37. The summed E-state index contributed by atoms with van der Waals surface area (Å²) in [6.07, 6.45) is 1.73. The van der Waals surface area contributed by atoms with Crippen LogP contribution in [0.2, 0.25) is 0 Å². The van der Waals surface area contributed by atoms with Gasteiger partial charge in [-0.15, -0.1) is 11.3 Å². The van der Waals surface area contributed by atoms with Gasteiger partial charge >= 0.3 is 0 Å². The Kier molecular flexibility index (Phi) is 3.85. The topological polar surface area (TPSA) is 36.3 Å². The number of benzene rings is 1. The summed E-state index contributed by atoms with van der Waals surface area (Å²) >= 11 is 1.69. The van der Waals surface area contributed by atoms with Crippen LogP contribution in [0.5, 0.6) is 5.75 Å². The molecule has 0 unspecified atom stereocenters. The summed E-state index contributed by atoms with van der Waals surface area (Å²) in [6, 6.07) is 14.8. The normalized spacial score (nSPS) is 17.2. The maximum Gasteiger partial charge on any atom is 0.142 e. The molecule has 1 aliphatic rings. The van der Waals surface area contributed by atoms with Gasteiger partial charge in [0.15, 0.2) is 0 Å². The van der Waals surface area contributed by atoms with Crippen LogP contribution in [0.4, 0.5) is 5.69 Å². The summed E-state index contributed by atoms with van der Waals surface area (Å²) in [5.41, 5.74) is 0.810. The Morgan fingerprint density at radius 3 is 2.57 bits per heavy atom. The first kappa shape index (κ1) is 14.0. The Morgan fingerprint density at radius 2 is 1.95 bits per heavy atom. The highest BCUT2D eigenvalue weighted by Crippen LogP contribution is 2.40. The van der Waals surface area contributed by atoms with Gasteiger partial charge < -0.3 is 9.64 Å². The first-order chi connectivity index (χ1) is 10.3. The van der Waals surface area contributed by atoms with Crippen molar-refractivity contribution >= 4 is 17.0 Å². The molecule has 2 heterocycles. The number of rotatable bonds is 3. The predicted octanol–water partition coefficient (Wildman–Crippen LogP) is 3.82. The van der Waals surface area contributed by atoms with Crippen molar-refractivity contribution in [3.63, 3.8) is 0 Å². The molecule has 0 bridgehead atoms. The summed E-state index contributed by atoms with van der Waals surface area (Å²) in [5.74, 6) is 0.901. The first-order valence-corrected chi connectivity index (χ1v) is 8.00. The molecule has 0 N–H and O–H groups in total. The van der Waals surface area contributed by atoms with Gasteiger partial charge in [-0.1, -0.05) is 18.2 Å². The van der Waals surface area contributed by atoms with Crippen molar-refractivity contribution in [1.82, 2.24) is 0 Å². The van der Waals surface area contributed by atoms with E-state index in [9.17, 15) is 5.26 Å². The lowest BCUT2D eigenvalue weighted by Crippen LogP contribution is -2.41. The monoisotopic (exact) mass is 298 g/mol. The lowest BCUT2D eigenvalue weighted by molar-refractivity contribution is 0.399. The van der Waals surface area contributed by atoms with Gasteiger partial charge in [0.2, 0.25) is 0 Å². The maximum absolute atomic E-state index is 9.68. The quantitative estimate of drug-likeness (QED) is 0.864. The van der Waals surface area contributed by atoms with E-state index in [1.807, 2.05) is 24.3 Å². The molecule has 1 aromatic heterocycles. The fourth-order valence-electron chi connectivity index (χ4n) is 2.98. The van der Waals surface area contributed by atoms with E-state index in [1.54, 1.807) is 18.4 Å². The highest BCUT2D eigenvalue weighted by atomic mass is 32.1. The number of nitriles is 1. The SMILES string of the molecule is COc1ccccc1N1CCC(C#N)(c2cccs2)CC1. The minimum atomic E-state index is -0.313. The van der Waals surface area contributed by atoms with Gasteiger partial charge in [0, 0.05) is 18.0 Å². The van der Waals surface area contributed by atoms with Gasteiger partial charge in [-0.05, 0) is 36.4 Å².